The Bertz CT molecular complexity index is 1230. The molecule has 1 aliphatic rings. The van der Waals surface area contributed by atoms with E-state index in [0.717, 1.165) is 11.1 Å². The predicted molar refractivity (Wildman–Crippen MR) is 152 cm³/mol. The molecule has 0 spiro atoms. The number of nitrogens with zero attached hydrogens (tertiary/aromatic N) is 1. The van der Waals surface area contributed by atoms with E-state index in [4.69, 9.17) is 9.47 Å². The number of hydrogen-bond acceptors (Lipinski definition) is 8. The lowest BCUT2D eigenvalue weighted by Crippen LogP contribution is -2.45. The van der Waals surface area contributed by atoms with E-state index in [9.17, 15) is 29.4 Å². The fourth-order valence-corrected chi connectivity index (χ4v) is 3.93. The van der Waals surface area contributed by atoms with Crippen LogP contribution in [0.4, 0.5) is 5.69 Å². The highest BCUT2D eigenvalue weighted by Crippen LogP contribution is 2.15. The second kappa shape index (κ2) is 15.2. The molecule has 0 aliphatic carbocycles. The minimum Gasteiger partial charge on any atom is -0.478 e. The first-order valence-corrected chi connectivity index (χ1v) is 13.2. The van der Waals surface area contributed by atoms with Gasteiger partial charge in [-0.05, 0) is 63.1 Å². The number of piperidine rings is 1. The standard InChI is InChI=1S/C20H18O8.C11H16N2/c1-11-3-7-13(8-4-11)19(25)27-15(17(21)22)16(18(23)24)28-20(26)14-9-5-12(2)6-10-14;1-3-7-11(8-4-1)12-13-9-5-2-6-10-13/h3-10,15-16H,1-2H3,(H,21,22)(H,23,24);1,3-4,7-8,12H,2,5-6,9-10H2/t15-,16-;/m0./s1. The number of rotatable bonds is 9. The van der Waals surface area contributed by atoms with E-state index in [2.05, 4.69) is 34.7 Å². The summed E-state index contributed by atoms with van der Waals surface area (Å²) in [6.07, 6.45) is -0.423. The molecule has 1 saturated heterocycles. The van der Waals surface area contributed by atoms with Crippen molar-refractivity contribution in [3.05, 3.63) is 101 Å². The first-order chi connectivity index (χ1) is 19.6. The summed E-state index contributed by atoms with van der Waals surface area (Å²) in [6, 6.07) is 22.4. The van der Waals surface area contributed by atoms with E-state index >= 15 is 0 Å². The maximum Gasteiger partial charge on any atom is 0.349 e. The van der Waals surface area contributed by atoms with Crippen LogP contribution >= 0.6 is 0 Å². The molecule has 3 aromatic rings. The van der Waals surface area contributed by atoms with Crippen molar-refractivity contribution in [1.29, 1.82) is 0 Å². The third-order valence-electron chi connectivity index (χ3n) is 6.22. The number of carboxylic acid groups (broad SMARTS) is 2. The molecule has 10 heteroatoms. The van der Waals surface area contributed by atoms with Gasteiger partial charge in [0.25, 0.3) is 0 Å². The summed E-state index contributed by atoms with van der Waals surface area (Å²) in [5, 5.41) is 20.9. The Morgan fingerprint density at radius 2 is 1.07 bits per heavy atom. The molecule has 2 atom stereocenters. The number of esters is 2. The number of nitrogens with one attached hydrogen (secondary N) is 1. The first kappa shape index (κ1) is 30.8. The maximum atomic E-state index is 12.2. The van der Waals surface area contributed by atoms with Crippen molar-refractivity contribution in [3.63, 3.8) is 0 Å². The van der Waals surface area contributed by atoms with Crippen LogP contribution in [0.25, 0.3) is 0 Å². The molecular weight excluding hydrogens is 528 g/mol. The molecule has 4 rings (SSSR count). The highest BCUT2D eigenvalue weighted by Gasteiger charge is 2.41. The van der Waals surface area contributed by atoms with Gasteiger partial charge in [-0.3, -0.25) is 0 Å². The Morgan fingerprint density at radius 1 is 0.659 bits per heavy atom. The number of benzene rings is 3. The summed E-state index contributed by atoms with van der Waals surface area (Å²) in [5.74, 6) is -5.62. The summed E-state index contributed by atoms with van der Waals surface area (Å²) in [4.78, 5) is 47.3. The lowest BCUT2D eigenvalue weighted by Gasteiger charge is -2.27. The second-order valence-electron chi connectivity index (χ2n) is 9.59. The number of anilines is 1. The molecule has 0 saturated carbocycles. The number of hydrogen-bond donors (Lipinski definition) is 3. The monoisotopic (exact) mass is 562 g/mol. The van der Waals surface area contributed by atoms with Crippen LogP contribution in [0.5, 0.6) is 0 Å². The summed E-state index contributed by atoms with van der Waals surface area (Å²) in [7, 11) is 0. The molecule has 0 bridgehead atoms. The smallest absolute Gasteiger partial charge is 0.349 e. The number of aryl methyl sites for hydroxylation is 2. The van der Waals surface area contributed by atoms with Crippen LogP contribution in [0.3, 0.4) is 0 Å². The normalized spacial score (nSPS) is 14.4. The largest absolute Gasteiger partial charge is 0.478 e. The lowest BCUT2D eigenvalue weighted by atomic mass is 10.1. The van der Waals surface area contributed by atoms with Crippen molar-refractivity contribution >= 4 is 29.6 Å². The molecule has 0 amide bonds. The van der Waals surface area contributed by atoms with Gasteiger partial charge in [0.05, 0.1) is 11.1 Å². The highest BCUT2D eigenvalue weighted by molar-refractivity contribution is 5.95. The molecule has 3 N–H and O–H groups in total. The third-order valence-corrected chi connectivity index (χ3v) is 6.22. The molecule has 1 heterocycles. The Kier molecular flexibility index (Phi) is 11.4. The molecule has 1 fully saturated rings. The van der Waals surface area contributed by atoms with Gasteiger partial charge in [-0.2, -0.15) is 0 Å². The maximum absolute atomic E-state index is 12.2. The Labute approximate surface area is 238 Å². The number of ether oxygens (including phenoxy) is 2. The van der Waals surface area contributed by atoms with Crippen LogP contribution in [0.2, 0.25) is 0 Å². The average molecular weight is 563 g/mol. The summed E-state index contributed by atoms with van der Waals surface area (Å²) >= 11 is 0. The lowest BCUT2D eigenvalue weighted by molar-refractivity contribution is -0.166. The molecule has 10 nitrogen and oxygen atoms in total. The Hall–Kier alpha value is -4.70. The fourth-order valence-electron chi connectivity index (χ4n) is 3.93. The van der Waals surface area contributed by atoms with Gasteiger partial charge in [0.2, 0.25) is 12.2 Å². The highest BCUT2D eigenvalue weighted by atomic mass is 16.6. The van der Waals surface area contributed by atoms with E-state index in [-0.39, 0.29) is 11.1 Å². The molecule has 0 aromatic heterocycles. The van der Waals surface area contributed by atoms with Gasteiger partial charge >= 0.3 is 23.9 Å². The number of carbonyl (C=O) groups excluding carboxylic acids is 2. The van der Waals surface area contributed by atoms with E-state index < -0.39 is 36.1 Å². The number of para-hydroxylation sites is 1. The molecule has 3 aromatic carbocycles. The van der Waals surface area contributed by atoms with Gasteiger partial charge in [0.15, 0.2) is 0 Å². The topological polar surface area (TPSA) is 142 Å². The zero-order valence-corrected chi connectivity index (χ0v) is 23.0. The summed E-state index contributed by atoms with van der Waals surface area (Å²) in [6.45, 7) is 5.93. The van der Waals surface area contributed by atoms with Crippen molar-refractivity contribution in [2.75, 3.05) is 18.5 Å². The van der Waals surface area contributed by atoms with Crippen LogP contribution in [-0.4, -0.2) is 64.4 Å². The van der Waals surface area contributed by atoms with Gasteiger partial charge in [0.1, 0.15) is 0 Å². The van der Waals surface area contributed by atoms with Crippen molar-refractivity contribution in [3.8, 4) is 0 Å². The first-order valence-electron chi connectivity index (χ1n) is 13.2. The molecule has 216 valence electrons. The molecule has 1 aliphatic heterocycles. The van der Waals surface area contributed by atoms with Crippen molar-refractivity contribution in [1.82, 2.24) is 5.01 Å². The molecular formula is C31H34N2O8. The zero-order chi connectivity index (χ0) is 29.8. The number of aliphatic carboxylic acids is 2. The quantitative estimate of drug-likeness (QED) is 0.314. The van der Waals surface area contributed by atoms with Crippen LogP contribution in [0, 0.1) is 13.8 Å². The summed E-state index contributed by atoms with van der Waals surface area (Å²) < 4.78 is 9.64. The van der Waals surface area contributed by atoms with Crippen molar-refractivity contribution in [2.24, 2.45) is 0 Å². The van der Waals surface area contributed by atoms with Gasteiger partial charge in [-0.1, -0.05) is 60.0 Å². The average Bonchev–Trinajstić information content (AvgIpc) is 2.96. The summed E-state index contributed by atoms with van der Waals surface area (Å²) in [5.41, 5.74) is 6.40. The van der Waals surface area contributed by atoms with E-state index in [0.29, 0.717) is 0 Å². The minimum absolute atomic E-state index is 0.0332. The SMILES string of the molecule is Cc1ccc(C(=O)O[C@H](C(=O)O)[C@H](OC(=O)c2ccc(C)cc2)C(=O)O)cc1.c1ccc(NN2CCCCC2)cc1. The molecule has 41 heavy (non-hydrogen) atoms. The van der Waals surface area contributed by atoms with Crippen molar-refractivity contribution in [2.45, 2.75) is 45.3 Å². The minimum atomic E-state index is -2.22. The van der Waals surface area contributed by atoms with Crippen LogP contribution in [0.15, 0.2) is 78.9 Å². The van der Waals surface area contributed by atoms with E-state index in [1.165, 1.54) is 62.3 Å². The second-order valence-corrected chi connectivity index (χ2v) is 9.59. The van der Waals surface area contributed by atoms with Crippen molar-refractivity contribution < 1.29 is 38.9 Å². The molecule has 0 radical (unpaired) electrons. The van der Waals surface area contributed by atoms with Gasteiger partial charge in [-0.15, -0.1) is 0 Å². The van der Waals surface area contributed by atoms with E-state index in [1.54, 1.807) is 38.1 Å². The molecule has 0 unspecified atom stereocenters. The number of carbonyl (C=O) groups is 4. The third kappa shape index (κ3) is 9.77. The van der Waals surface area contributed by atoms with E-state index in [1.807, 2.05) is 6.07 Å². The van der Waals surface area contributed by atoms with Crippen LogP contribution in [-0.2, 0) is 19.1 Å². The van der Waals surface area contributed by atoms with Gasteiger partial charge < -0.3 is 25.1 Å². The fraction of sp³-hybridized carbons (Fsp3) is 0.290. The zero-order valence-electron chi connectivity index (χ0n) is 23.0. The van der Waals surface area contributed by atoms with Gasteiger partial charge in [-0.25, -0.2) is 24.2 Å². The number of hydrazine groups is 1. The number of carboxylic acids is 2. The van der Waals surface area contributed by atoms with Crippen LogP contribution < -0.4 is 5.43 Å². The Morgan fingerprint density at radius 3 is 1.46 bits per heavy atom. The predicted octanol–water partition coefficient (Wildman–Crippen LogP) is 4.72. The Balaban J connectivity index is 0.000000294. The van der Waals surface area contributed by atoms with Crippen LogP contribution in [0.1, 0.15) is 51.1 Å². The van der Waals surface area contributed by atoms with Gasteiger partial charge in [0, 0.05) is 18.8 Å².